The lowest BCUT2D eigenvalue weighted by molar-refractivity contribution is -0.384. The summed E-state index contributed by atoms with van der Waals surface area (Å²) in [7, 11) is 1.56. The van der Waals surface area contributed by atoms with Crippen LogP contribution in [0.4, 0.5) is 11.4 Å². The van der Waals surface area contributed by atoms with E-state index in [0.29, 0.717) is 22.6 Å². The Morgan fingerprint density at radius 1 is 1.32 bits per heavy atom. The summed E-state index contributed by atoms with van der Waals surface area (Å²) >= 11 is 0. The van der Waals surface area contributed by atoms with Crippen molar-refractivity contribution < 1.29 is 24.3 Å². The average molecular weight is 382 g/mol. The molecule has 0 aromatic heterocycles. The summed E-state index contributed by atoms with van der Waals surface area (Å²) in [4.78, 5) is 25.2. The predicted octanol–water partition coefficient (Wildman–Crippen LogP) is 2.36. The highest BCUT2D eigenvalue weighted by atomic mass is 16.6. The van der Waals surface area contributed by atoms with Gasteiger partial charge in [0.15, 0.2) is 0 Å². The van der Waals surface area contributed by atoms with Crippen LogP contribution in [-0.2, 0) is 9.53 Å². The topological polar surface area (TPSA) is 102 Å². The van der Waals surface area contributed by atoms with Crippen LogP contribution in [0, 0.1) is 10.1 Å². The number of nitrogens with zero attached hydrogens (tertiary/aromatic N) is 2. The van der Waals surface area contributed by atoms with Gasteiger partial charge in [-0.1, -0.05) is 18.2 Å². The van der Waals surface area contributed by atoms with Crippen LogP contribution < -0.4 is 9.64 Å². The summed E-state index contributed by atoms with van der Waals surface area (Å²) < 4.78 is 10.6. The van der Waals surface area contributed by atoms with Crippen LogP contribution in [0.15, 0.2) is 53.7 Å². The number of nitro groups is 1. The molecule has 2 aliphatic rings. The molecule has 0 aliphatic carbocycles. The molecule has 2 aromatic carbocycles. The lowest BCUT2D eigenvalue weighted by atomic mass is 9.80. The molecule has 144 valence electrons. The molecule has 1 unspecified atom stereocenters. The smallest absolute Gasteiger partial charge is 0.337 e. The number of cyclic esters (lactones) is 1. The molecule has 2 aromatic rings. The third-order valence-corrected chi connectivity index (χ3v) is 5.06. The zero-order chi connectivity index (χ0) is 19.8. The number of aliphatic hydroxyl groups excluding tert-OH is 1. The molecule has 1 N–H and O–H groups in total. The van der Waals surface area contributed by atoms with Gasteiger partial charge in [0.2, 0.25) is 0 Å². The van der Waals surface area contributed by atoms with Gasteiger partial charge >= 0.3 is 5.97 Å². The fourth-order valence-corrected chi connectivity index (χ4v) is 3.86. The Morgan fingerprint density at radius 2 is 2.14 bits per heavy atom. The number of aliphatic hydroxyl groups is 1. The van der Waals surface area contributed by atoms with Crippen LogP contribution in [0.1, 0.15) is 17.0 Å². The molecular weight excluding hydrogens is 364 g/mol. The van der Waals surface area contributed by atoms with Gasteiger partial charge in [-0.15, -0.1) is 0 Å². The van der Waals surface area contributed by atoms with Crippen molar-refractivity contribution in [1.82, 2.24) is 0 Å². The molecular formula is C20H18N2O6. The first kappa shape index (κ1) is 18.0. The molecule has 0 saturated heterocycles. The van der Waals surface area contributed by atoms with Crippen molar-refractivity contribution in [3.63, 3.8) is 0 Å². The van der Waals surface area contributed by atoms with E-state index >= 15 is 0 Å². The number of methoxy groups -OCH3 is 1. The van der Waals surface area contributed by atoms with Crippen molar-refractivity contribution in [2.75, 3.05) is 31.8 Å². The van der Waals surface area contributed by atoms with E-state index in [4.69, 9.17) is 9.47 Å². The van der Waals surface area contributed by atoms with Crippen LogP contribution in [0.2, 0.25) is 0 Å². The van der Waals surface area contributed by atoms with Gasteiger partial charge in [-0.25, -0.2) is 4.79 Å². The number of β-amino-alcohol motifs (C(OH)–C–C–N with tert-alkyl or cyclic N) is 1. The summed E-state index contributed by atoms with van der Waals surface area (Å²) in [6.07, 6.45) is 0. The molecule has 8 nitrogen and oxygen atoms in total. The Bertz CT molecular complexity index is 1000. The van der Waals surface area contributed by atoms with Crippen molar-refractivity contribution in [3.05, 3.63) is 75.0 Å². The van der Waals surface area contributed by atoms with Gasteiger partial charge in [0, 0.05) is 36.3 Å². The normalized spacial score (nSPS) is 17.9. The molecule has 0 spiro atoms. The summed E-state index contributed by atoms with van der Waals surface area (Å²) in [6.45, 7) is 0.274. The Balaban J connectivity index is 1.95. The Labute approximate surface area is 160 Å². The highest BCUT2D eigenvalue weighted by Crippen LogP contribution is 2.48. The number of carbonyl (C=O) groups excluding carboxylic acids is 1. The molecule has 0 bridgehead atoms. The molecule has 0 amide bonds. The summed E-state index contributed by atoms with van der Waals surface area (Å²) in [5, 5.41) is 20.8. The number of hydrogen-bond acceptors (Lipinski definition) is 7. The number of esters is 1. The minimum Gasteiger partial charge on any atom is -0.497 e. The first-order chi connectivity index (χ1) is 13.5. The number of benzene rings is 2. The van der Waals surface area contributed by atoms with E-state index < -0.39 is 16.8 Å². The number of anilines is 1. The van der Waals surface area contributed by atoms with Crippen LogP contribution in [0.25, 0.3) is 0 Å². The molecule has 28 heavy (non-hydrogen) atoms. The highest BCUT2D eigenvalue weighted by molar-refractivity contribution is 5.97. The maximum absolute atomic E-state index is 12.6. The Kier molecular flexibility index (Phi) is 4.48. The lowest BCUT2D eigenvalue weighted by Gasteiger charge is -2.35. The number of non-ortho nitro benzene ring substituents is 1. The highest BCUT2D eigenvalue weighted by Gasteiger charge is 2.42. The second-order valence-corrected chi connectivity index (χ2v) is 6.52. The molecule has 0 fully saturated rings. The Hall–Kier alpha value is -3.39. The molecule has 2 heterocycles. The number of nitro benzene ring substituents is 1. The number of ether oxygens (including phenoxy) is 2. The molecule has 2 aliphatic heterocycles. The lowest BCUT2D eigenvalue weighted by Crippen LogP contribution is -2.33. The monoisotopic (exact) mass is 382 g/mol. The maximum atomic E-state index is 12.6. The van der Waals surface area contributed by atoms with E-state index in [0.717, 1.165) is 11.3 Å². The first-order valence-corrected chi connectivity index (χ1v) is 8.76. The van der Waals surface area contributed by atoms with Gasteiger partial charge in [0.1, 0.15) is 12.4 Å². The summed E-state index contributed by atoms with van der Waals surface area (Å²) in [6, 6.07) is 11.7. The van der Waals surface area contributed by atoms with Crippen LogP contribution in [0.3, 0.4) is 0 Å². The van der Waals surface area contributed by atoms with Crippen molar-refractivity contribution in [2.45, 2.75) is 5.92 Å². The second-order valence-electron chi connectivity index (χ2n) is 6.52. The van der Waals surface area contributed by atoms with Crippen LogP contribution in [0.5, 0.6) is 5.75 Å². The van der Waals surface area contributed by atoms with E-state index in [1.54, 1.807) is 25.3 Å². The van der Waals surface area contributed by atoms with E-state index in [2.05, 4.69) is 0 Å². The van der Waals surface area contributed by atoms with Crippen LogP contribution in [-0.4, -0.2) is 42.9 Å². The fourth-order valence-electron chi connectivity index (χ4n) is 3.86. The van der Waals surface area contributed by atoms with E-state index in [1.165, 1.54) is 12.1 Å². The fraction of sp³-hybridized carbons (Fsp3) is 0.250. The third kappa shape index (κ3) is 2.78. The van der Waals surface area contributed by atoms with Crippen molar-refractivity contribution in [2.24, 2.45) is 0 Å². The van der Waals surface area contributed by atoms with Gasteiger partial charge in [0.25, 0.3) is 5.69 Å². The van der Waals surface area contributed by atoms with Gasteiger partial charge < -0.3 is 19.5 Å². The molecule has 0 saturated carbocycles. The minimum atomic E-state index is -0.499. The standard InChI is InChI=1S/C20H18N2O6/c1-27-14-5-6-15-16(10-14)21(7-8-23)17-11-28-20(24)19(17)18(15)12-3-2-4-13(9-12)22(25)26/h2-6,9-10,18,23H,7-8,11H2,1H3. The maximum Gasteiger partial charge on any atom is 0.337 e. The Morgan fingerprint density at radius 3 is 2.86 bits per heavy atom. The van der Waals surface area contributed by atoms with Crippen molar-refractivity contribution >= 4 is 17.3 Å². The third-order valence-electron chi connectivity index (χ3n) is 5.06. The minimum absolute atomic E-state index is 0.0427. The summed E-state index contributed by atoms with van der Waals surface area (Å²) in [5.74, 6) is -0.314. The molecule has 8 heteroatoms. The zero-order valence-electron chi connectivity index (χ0n) is 15.1. The number of hydrogen-bond donors (Lipinski definition) is 1. The molecule has 1 atom stereocenters. The average Bonchev–Trinajstić information content (AvgIpc) is 3.09. The van der Waals surface area contributed by atoms with Crippen molar-refractivity contribution in [1.29, 1.82) is 0 Å². The molecule has 4 rings (SSSR count). The summed E-state index contributed by atoms with van der Waals surface area (Å²) in [5.41, 5.74) is 3.28. The quantitative estimate of drug-likeness (QED) is 0.481. The van der Waals surface area contributed by atoms with E-state index in [-0.39, 0.29) is 25.4 Å². The van der Waals surface area contributed by atoms with Gasteiger partial charge in [-0.2, -0.15) is 0 Å². The van der Waals surface area contributed by atoms with Gasteiger partial charge in [-0.3, -0.25) is 10.1 Å². The number of carbonyl (C=O) groups is 1. The van der Waals surface area contributed by atoms with Gasteiger partial charge in [0.05, 0.1) is 29.9 Å². The number of fused-ring (bicyclic) bond motifs is 1. The zero-order valence-corrected chi connectivity index (χ0v) is 15.1. The van der Waals surface area contributed by atoms with E-state index in [1.807, 2.05) is 17.0 Å². The molecule has 0 radical (unpaired) electrons. The van der Waals surface area contributed by atoms with E-state index in [9.17, 15) is 20.0 Å². The largest absolute Gasteiger partial charge is 0.497 e. The van der Waals surface area contributed by atoms with Crippen LogP contribution >= 0.6 is 0 Å². The van der Waals surface area contributed by atoms with Crippen molar-refractivity contribution in [3.8, 4) is 5.75 Å². The number of rotatable bonds is 5. The predicted molar refractivity (Wildman–Crippen MR) is 100 cm³/mol. The first-order valence-electron chi connectivity index (χ1n) is 8.76. The second kappa shape index (κ2) is 6.97. The van der Waals surface area contributed by atoms with Gasteiger partial charge in [-0.05, 0) is 17.2 Å². The SMILES string of the molecule is COc1ccc2c(c1)N(CCO)C1=C(C(=O)OC1)C2c1cccc([N+](=O)[O-])c1.